The lowest BCUT2D eigenvalue weighted by Crippen LogP contribution is -2.39. The molecule has 0 saturated carbocycles. The van der Waals surface area contributed by atoms with Crippen LogP contribution in [0.25, 0.3) is 0 Å². The number of hydrogen-bond acceptors (Lipinski definition) is 4. The molecule has 0 atom stereocenters. The van der Waals surface area contributed by atoms with Crippen molar-refractivity contribution in [2.24, 2.45) is 5.10 Å². The summed E-state index contributed by atoms with van der Waals surface area (Å²) in [5.74, 6) is -0.619. The number of nitrogens with one attached hydrogen (secondary N) is 1. The molecule has 6 nitrogen and oxygen atoms in total. The second kappa shape index (κ2) is 8.73. The molecule has 0 saturated heterocycles. The van der Waals surface area contributed by atoms with Crippen LogP contribution in [-0.2, 0) is 14.8 Å². The lowest BCUT2D eigenvalue weighted by molar-refractivity contribution is -0.119. The van der Waals surface area contributed by atoms with Crippen LogP contribution in [0.1, 0.15) is 5.56 Å². The Morgan fingerprint density at radius 1 is 1.12 bits per heavy atom. The SMILES string of the molecule is CS(=O)(=O)N(CC(=O)NN=Cc1ccc(Cl)cc1Cl)c1ccc(Cl)cc1. The number of hydrogen-bond donors (Lipinski definition) is 1. The topological polar surface area (TPSA) is 78.8 Å². The van der Waals surface area contributed by atoms with Gasteiger partial charge in [-0.1, -0.05) is 40.9 Å². The Labute approximate surface area is 166 Å². The second-order valence-electron chi connectivity index (χ2n) is 5.21. The Morgan fingerprint density at radius 3 is 2.31 bits per heavy atom. The first-order valence-corrected chi connectivity index (χ1v) is 10.2. The summed E-state index contributed by atoms with van der Waals surface area (Å²) in [5, 5.41) is 5.08. The summed E-state index contributed by atoms with van der Waals surface area (Å²) in [6.45, 7) is -0.438. The molecule has 0 aliphatic rings. The largest absolute Gasteiger partial charge is 0.271 e. The number of carbonyl (C=O) groups is 1. The summed E-state index contributed by atoms with van der Waals surface area (Å²) < 4.78 is 24.9. The predicted octanol–water partition coefficient (Wildman–Crippen LogP) is 3.56. The number of hydrazone groups is 1. The van der Waals surface area contributed by atoms with Crippen molar-refractivity contribution in [3.63, 3.8) is 0 Å². The molecule has 0 bridgehead atoms. The van der Waals surface area contributed by atoms with Crippen molar-refractivity contribution in [1.29, 1.82) is 0 Å². The Kier molecular flexibility index (Phi) is 6.88. The summed E-state index contributed by atoms with van der Waals surface area (Å²) in [5.41, 5.74) is 3.13. The smallest absolute Gasteiger partial charge is 0.260 e. The lowest BCUT2D eigenvalue weighted by Gasteiger charge is -2.21. The van der Waals surface area contributed by atoms with Gasteiger partial charge in [0, 0.05) is 15.6 Å². The van der Waals surface area contributed by atoms with E-state index < -0.39 is 22.5 Å². The van der Waals surface area contributed by atoms with Crippen LogP contribution in [0, 0.1) is 0 Å². The van der Waals surface area contributed by atoms with Crippen molar-refractivity contribution in [3.8, 4) is 0 Å². The number of anilines is 1. The van der Waals surface area contributed by atoms with Crippen molar-refractivity contribution in [3.05, 3.63) is 63.1 Å². The maximum atomic E-state index is 12.1. The van der Waals surface area contributed by atoms with Gasteiger partial charge in [0.2, 0.25) is 10.0 Å². The van der Waals surface area contributed by atoms with E-state index in [1.54, 1.807) is 12.1 Å². The molecule has 138 valence electrons. The molecule has 0 spiro atoms. The zero-order valence-corrected chi connectivity index (χ0v) is 16.6. The number of nitrogens with zero attached hydrogens (tertiary/aromatic N) is 2. The molecule has 1 N–H and O–H groups in total. The van der Waals surface area contributed by atoms with Gasteiger partial charge in [-0.05, 0) is 36.4 Å². The number of benzene rings is 2. The fourth-order valence-electron chi connectivity index (χ4n) is 1.95. The Balaban J connectivity index is 2.08. The number of halogens is 3. The van der Waals surface area contributed by atoms with E-state index in [-0.39, 0.29) is 0 Å². The second-order valence-corrected chi connectivity index (χ2v) is 8.39. The van der Waals surface area contributed by atoms with Gasteiger partial charge in [0.05, 0.1) is 23.2 Å². The molecule has 1 amide bonds. The molecular formula is C16H14Cl3N3O3S. The number of rotatable bonds is 6. The number of carbonyl (C=O) groups excluding carboxylic acids is 1. The lowest BCUT2D eigenvalue weighted by atomic mass is 10.2. The van der Waals surface area contributed by atoms with Crippen LogP contribution in [-0.4, -0.2) is 33.3 Å². The first-order chi connectivity index (χ1) is 12.2. The molecule has 2 aromatic rings. The monoisotopic (exact) mass is 433 g/mol. The van der Waals surface area contributed by atoms with E-state index in [0.717, 1.165) is 10.6 Å². The third-order valence-electron chi connectivity index (χ3n) is 3.16. The van der Waals surface area contributed by atoms with Crippen LogP contribution in [0.15, 0.2) is 47.6 Å². The minimum Gasteiger partial charge on any atom is -0.271 e. The highest BCUT2D eigenvalue weighted by Gasteiger charge is 2.20. The zero-order valence-electron chi connectivity index (χ0n) is 13.5. The average Bonchev–Trinajstić information content (AvgIpc) is 2.55. The van der Waals surface area contributed by atoms with E-state index in [1.165, 1.54) is 36.5 Å². The van der Waals surface area contributed by atoms with E-state index in [4.69, 9.17) is 34.8 Å². The Bertz CT molecular complexity index is 932. The van der Waals surface area contributed by atoms with Crippen molar-refractivity contribution in [2.75, 3.05) is 17.1 Å². The summed E-state index contributed by atoms with van der Waals surface area (Å²) in [6.07, 6.45) is 2.34. The van der Waals surface area contributed by atoms with Crippen LogP contribution in [0.3, 0.4) is 0 Å². The molecule has 0 unspecified atom stereocenters. The van der Waals surface area contributed by atoms with Crippen LogP contribution < -0.4 is 9.73 Å². The highest BCUT2D eigenvalue weighted by molar-refractivity contribution is 7.92. The molecule has 0 heterocycles. The Morgan fingerprint density at radius 2 is 1.73 bits per heavy atom. The van der Waals surface area contributed by atoms with Gasteiger partial charge in [-0.25, -0.2) is 13.8 Å². The summed E-state index contributed by atoms with van der Waals surface area (Å²) >= 11 is 17.6. The first kappa shape index (κ1) is 20.5. The molecular weight excluding hydrogens is 421 g/mol. The van der Waals surface area contributed by atoms with E-state index >= 15 is 0 Å². The van der Waals surface area contributed by atoms with Crippen molar-refractivity contribution in [1.82, 2.24) is 5.43 Å². The van der Waals surface area contributed by atoms with Gasteiger partial charge in [0.15, 0.2) is 0 Å². The fraction of sp³-hybridized carbons (Fsp3) is 0.125. The summed E-state index contributed by atoms with van der Waals surface area (Å²) in [6, 6.07) is 10.9. The molecule has 0 aliphatic heterocycles. The maximum Gasteiger partial charge on any atom is 0.260 e. The predicted molar refractivity (Wildman–Crippen MR) is 106 cm³/mol. The summed E-state index contributed by atoms with van der Waals surface area (Å²) in [4.78, 5) is 12.1. The minimum atomic E-state index is -3.67. The van der Waals surface area contributed by atoms with Crippen LogP contribution in [0.4, 0.5) is 5.69 Å². The van der Waals surface area contributed by atoms with Crippen LogP contribution in [0.5, 0.6) is 0 Å². The van der Waals surface area contributed by atoms with E-state index in [1.807, 2.05) is 0 Å². The van der Waals surface area contributed by atoms with Gasteiger partial charge in [0.25, 0.3) is 5.91 Å². The fourth-order valence-corrected chi connectivity index (χ4v) is 3.39. The molecule has 2 rings (SSSR count). The van der Waals surface area contributed by atoms with Crippen molar-refractivity contribution < 1.29 is 13.2 Å². The van der Waals surface area contributed by atoms with Gasteiger partial charge in [-0.2, -0.15) is 5.10 Å². The van der Waals surface area contributed by atoms with Gasteiger partial charge < -0.3 is 0 Å². The van der Waals surface area contributed by atoms with Crippen LogP contribution >= 0.6 is 34.8 Å². The molecule has 26 heavy (non-hydrogen) atoms. The van der Waals surface area contributed by atoms with E-state index in [2.05, 4.69) is 10.5 Å². The van der Waals surface area contributed by atoms with E-state index in [9.17, 15) is 13.2 Å². The molecule has 2 aromatic carbocycles. The van der Waals surface area contributed by atoms with Crippen molar-refractivity contribution in [2.45, 2.75) is 0 Å². The van der Waals surface area contributed by atoms with E-state index in [0.29, 0.717) is 26.3 Å². The summed E-state index contributed by atoms with van der Waals surface area (Å²) in [7, 11) is -3.67. The third-order valence-corrected chi connectivity index (χ3v) is 5.11. The minimum absolute atomic E-state index is 0.316. The quantitative estimate of drug-likeness (QED) is 0.558. The Hall–Kier alpha value is -1.80. The molecule has 0 radical (unpaired) electrons. The standard InChI is InChI=1S/C16H14Cl3N3O3S/c1-26(24,25)22(14-6-4-12(17)5-7-14)10-16(23)21-20-9-11-2-3-13(18)8-15(11)19/h2-9H,10H2,1H3,(H,21,23). The highest BCUT2D eigenvalue weighted by Crippen LogP contribution is 2.20. The average molecular weight is 435 g/mol. The maximum absolute atomic E-state index is 12.1. The van der Waals surface area contributed by atoms with Gasteiger partial charge >= 0.3 is 0 Å². The molecule has 10 heteroatoms. The first-order valence-electron chi connectivity index (χ1n) is 7.17. The van der Waals surface area contributed by atoms with Crippen LogP contribution in [0.2, 0.25) is 15.1 Å². The molecule has 0 aliphatic carbocycles. The number of sulfonamides is 1. The van der Waals surface area contributed by atoms with Gasteiger partial charge in [-0.15, -0.1) is 0 Å². The zero-order chi connectivity index (χ0) is 19.3. The molecule has 0 aromatic heterocycles. The normalized spacial score (nSPS) is 11.5. The van der Waals surface area contributed by atoms with Gasteiger partial charge in [-0.3, -0.25) is 9.10 Å². The highest BCUT2D eigenvalue weighted by atomic mass is 35.5. The van der Waals surface area contributed by atoms with Crippen molar-refractivity contribution >= 4 is 62.6 Å². The molecule has 0 fully saturated rings. The third kappa shape index (κ3) is 5.88. The van der Waals surface area contributed by atoms with Gasteiger partial charge in [0.1, 0.15) is 6.54 Å². The number of amides is 1.